The number of anilines is 1. The largest absolute Gasteiger partial charge is 0.381 e. The molecule has 90 valence electrons. The molecule has 0 amide bonds. The van der Waals surface area contributed by atoms with Crippen molar-refractivity contribution in [1.29, 1.82) is 0 Å². The molecule has 1 heterocycles. The number of nitrogens with one attached hydrogen (secondary N) is 1. The smallest absolute Gasteiger partial charge is 0.138 e. The van der Waals surface area contributed by atoms with Gasteiger partial charge < -0.3 is 9.84 Å². The average Bonchev–Trinajstić information content (AvgIpc) is 2.67. The Morgan fingerprint density at radius 3 is 2.41 bits per heavy atom. The van der Waals surface area contributed by atoms with Gasteiger partial charge in [-0.25, -0.2) is 0 Å². The maximum Gasteiger partial charge on any atom is 0.138 e. The van der Waals surface area contributed by atoms with Gasteiger partial charge in [-0.05, 0) is 38.0 Å². The van der Waals surface area contributed by atoms with Crippen LogP contribution in [0, 0.1) is 13.8 Å². The van der Waals surface area contributed by atoms with E-state index in [-0.39, 0.29) is 0 Å². The van der Waals surface area contributed by atoms with E-state index in [1.54, 1.807) is 0 Å². The Hall–Kier alpha value is -1.77. The first-order valence-electron chi connectivity index (χ1n) is 5.95. The van der Waals surface area contributed by atoms with Crippen molar-refractivity contribution in [1.82, 2.24) is 5.16 Å². The molecule has 0 bridgehead atoms. The summed E-state index contributed by atoms with van der Waals surface area (Å²) in [5.41, 5.74) is 4.58. The summed E-state index contributed by atoms with van der Waals surface area (Å²) in [6.45, 7) is 6.82. The quantitative estimate of drug-likeness (QED) is 0.874. The molecule has 0 fully saturated rings. The molecule has 0 radical (unpaired) electrons. The van der Waals surface area contributed by atoms with Gasteiger partial charge in [0, 0.05) is 17.8 Å². The topological polar surface area (TPSA) is 38.1 Å². The lowest BCUT2D eigenvalue weighted by molar-refractivity contribution is 0.392. The van der Waals surface area contributed by atoms with Gasteiger partial charge in [0.2, 0.25) is 0 Å². The lowest BCUT2D eigenvalue weighted by Gasteiger charge is -2.06. The first-order valence-corrected chi connectivity index (χ1v) is 5.95. The summed E-state index contributed by atoms with van der Waals surface area (Å²) in [4.78, 5) is 0. The van der Waals surface area contributed by atoms with Crippen molar-refractivity contribution in [3.8, 4) is 0 Å². The van der Waals surface area contributed by atoms with E-state index >= 15 is 0 Å². The van der Waals surface area contributed by atoms with E-state index < -0.39 is 0 Å². The van der Waals surface area contributed by atoms with Crippen LogP contribution >= 0.6 is 0 Å². The fraction of sp³-hybridized carbons (Fsp3) is 0.357. The summed E-state index contributed by atoms with van der Waals surface area (Å²) < 4.78 is 5.13. The van der Waals surface area contributed by atoms with Gasteiger partial charge in [-0.1, -0.05) is 24.2 Å². The lowest BCUT2D eigenvalue weighted by Crippen LogP contribution is -2.01. The molecular formula is C14H18N2O. The second-order valence-electron chi connectivity index (χ2n) is 4.21. The molecule has 0 saturated carbocycles. The van der Waals surface area contributed by atoms with E-state index in [4.69, 9.17) is 4.52 Å². The maximum atomic E-state index is 5.13. The van der Waals surface area contributed by atoms with E-state index in [2.05, 4.69) is 41.7 Å². The van der Waals surface area contributed by atoms with Crippen molar-refractivity contribution in [2.75, 3.05) is 5.32 Å². The molecule has 2 aromatic rings. The Morgan fingerprint density at radius 1 is 1.18 bits per heavy atom. The second kappa shape index (κ2) is 5.04. The highest BCUT2D eigenvalue weighted by Crippen LogP contribution is 2.15. The fourth-order valence-corrected chi connectivity index (χ4v) is 1.80. The molecule has 0 atom stereocenters. The number of nitrogens with zero attached hydrogens (tertiary/aromatic N) is 1. The van der Waals surface area contributed by atoms with E-state index in [1.807, 2.05) is 13.8 Å². The van der Waals surface area contributed by atoms with Gasteiger partial charge in [0.25, 0.3) is 0 Å². The molecule has 3 heteroatoms. The third kappa shape index (κ3) is 2.67. The zero-order valence-corrected chi connectivity index (χ0v) is 10.6. The molecule has 0 aliphatic carbocycles. The van der Waals surface area contributed by atoms with Crippen LogP contribution in [0.25, 0.3) is 0 Å². The SMILES string of the molecule is CCc1ccc(NCc2c(C)noc2C)cc1. The third-order valence-electron chi connectivity index (χ3n) is 3.01. The first kappa shape index (κ1) is 11.7. The van der Waals surface area contributed by atoms with Crippen molar-refractivity contribution in [2.24, 2.45) is 0 Å². The van der Waals surface area contributed by atoms with Gasteiger partial charge in [-0.15, -0.1) is 0 Å². The Labute approximate surface area is 102 Å². The fourth-order valence-electron chi connectivity index (χ4n) is 1.80. The highest BCUT2D eigenvalue weighted by molar-refractivity contribution is 5.45. The van der Waals surface area contributed by atoms with Gasteiger partial charge in [-0.2, -0.15) is 0 Å². The predicted octanol–water partition coefficient (Wildman–Crippen LogP) is 3.47. The Morgan fingerprint density at radius 2 is 1.88 bits per heavy atom. The Balaban J connectivity index is 2.02. The molecular weight excluding hydrogens is 212 g/mol. The first-order chi connectivity index (χ1) is 8.20. The summed E-state index contributed by atoms with van der Waals surface area (Å²) in [6, 6.07) is 8.51. The van der Waals surface area contributed by atoms with E-state index in [1.165, 1.54) is 5.56 Å². The van der Waals surface area contributed by atoms with Crippen LogP contribution in [0.1, 0.15) is 29.5 Å². The van der Waals surface area contributed by atoms with Crippen LogP contribution < -0.4 is 5.32 Å². The number of rotatable bonds is 4. The molecule has 1 N–H and O–H groups in total. The zero-order valence-electron chi connectivity index (χ0n) is 10.6. The minimum atomic E-state index is 0.757. The summed E-state index contributed by atoms with van der Waals surface area (Å²) in [7, 11) is 0. The summed E-state index contributed by atoms with van der Waals surface area (Å²) in [5, 5.41) is 7.32. The van der Waals surface area contributed by atoms with E-state index in [0.717, 1.165) is 35.7 Å². The van der Waals surface area contributed by atoms with Crippen LogP contribution in [0.4, 0.5) is 5.69 Å². The Kier molecular flexibility index (Phi) is 3.47. The molecule has 17 heavy (non-hydrogen) atoms. The van der Waals surface area contributed by atoms with Crippen molar-refractivity contribution in [3.63, 3.8) is 0 Å². The summed E-state index contributed by atoms with van der Waals surface area (Å²) in [5.74, 6) is 0.889. The molecule has 0 aliphatic rings. The second-order valence-corrected chi connectivity index (χ2v) is 4.21. The zero-order chi connectivity index (χ0) is 12.3. The van der Waals surface area contributed by atoms with Gasteiger partial charge in [0.1, 0.15) is 5.76 Å². The summed E-state index contributed by atoms with van der Waals surface area (Å²) >= 11 is 0. The van der Waals surface area contributed by atoms with Gasteiger partial charge in [0.15, 0.2) is 0 Å². The molecule has 0 unspecified atom stereocenters. The minimum Gasteiger partial charge on any atom is -0.381 e. The monoisotopic (exact) mass is 230 g/mol. The molecule has 2 rings (SSSR count). The highest BCUT2D eigenvalue weighted by Gasteiger charge is 2.07. The number of benzene rings is 1. The Bertz CT molecular complexity index is 466. The van der Waals surface area contributed by atoms with Gasteiger partial charge in [0.05, 0.1) is 5.69 Å². The average molecular weight is 230 g/mol. The van der Waals surface area contributed by atoms with Crippen LogP contribution in [0.5, 0.6) is 0 Å². The van der Waals surface area contributed by atoms with Crippen LogP contribution in [-0.2, 0) is 13.0 Å². The van der Waals surface area contributed by atoms with Crippen LogP contribution in [0.15, 0.2) is 28.8 Å². The van der Waals surface area contributed by atoms with Crippen molar-refractivity contribution < 1.29 is 4.52 Å². The lowest BCUT2D eigenvalue weighted by atomic mass is 10.1. The standard InChI is InChI=1S/C14H18N2O/c1-4-12-5-7-13(8-6-12)15-9-14-10(2)16-17-11(14)3/h5-8,15H,4,9H2,1-3H3. The number of hydrogen-bond acceptors (Lipinski definition) is 3. The predicted molar refractivity (Wildman–Crippen MR) is 69.1 cm³/mol. The molecule has 1 aromatic heterocycles. The van der Waals surface area contributed by atoms with E-state index in [9.17, 15) is 0 Å². The molecule has 0 aliphatic heterocycles. The van der Waals surface area contributed by atoms with Crippen LogP contribution in [0.2, 0.25) is 0 Å². The van der Waals surface area contributed by atoms with Gasteiger partial charge >= 0.3 is 0 Å². The van der Waals surface area contributed by atoms with E-state index in [0.29, 0.717) is 0 Å². The highest BCUT2D eigenvalue weighted by atomic mass is 16.5. The van der Waals surface area contributed by atoms with Crippen LogP contribution in [-0.4, -0.2) is 5.16 Å². The molecule has 0 saturated heterocycles. The van der Waals surface area contributed by atoms with Crippen molar-refractivity contribution in [3.05, 3.63) is 46.8 Å². The minimum absolute atomic E-state index is 0.757. The number of aryl methyl sites for hydroxylation is 3. The van der Waals surface area contributed by atoms with Crippen LogP contribution in [0.3, 0.4) is 0 Å². The maximum absolute atomic E-state index is 5.13. The third-order valence-corrected chi connectivity index (χ3v) is 3.01. The van der Waals surface area contributed by atoms with Crippen molar-refractivity contribution in [2.45, 2.75) is 33.7 Å². The normalized spacial score (nSPS) is 10.5. The molecule has 1 aromatic carbocycles. The van der Waals surface area contributed by atoms with Crippen molar-refractivity contribution >= 4 is 5.69 Å². The molecule has 3 nitrogen and oxygen atoms in total. The van der Waals surface area contributed by atoms with Gasteiger partial charge in [-0.3, -0.25) is 0 Å². The number of hydrogen-bond donors (Lipinski definition) is 1. The summed E-state index contributed by atoms with van der Waals surface area (Å²) in [6.07, 6.45) is 1.07. The number of aromatic nitrogens is 1. The molecule has 0 spiro atoms.